The number of rotatable bonds is 0. The van der Waals surface area contributed by atoms with Gasteiger partial charge in [0.15, 0.2) is 0 Å². The van der Waals surface area contributed by atoms with Gasteiger partial charge in [-0.05, 0) is 0 Å². The Bertz CT molecular complexity index is 8.00. The smallest absolute Gasteiger partial charge is 2.00 e. The van der Waals surface area contributed by atoms with E-state index in [0.29, 0.717) is 0 Å². The summed E-state index contributed by atoms with van der Waals surface area (Å²) in [5, 5.41) is 0. The van der Waals surface area contributed by atoms with Crippen molar-refractivity contribution >= 4 is 49.8 Å². The van der Waals surface area contributed by atoms with E-state index in [-0.39, 0.29) is 71.7 Å². The van der Waals surface area contributed by atoms with Gasteiger partial charge in [-0.2, -0.15) is 0 Å². The SMILES string of the molecule is [In+3].[Ni+2].[O-2].[Sn+4]. The van der Waals surface area contributed by atoms with Crippen LogP contribution in [-0.2, 0) is 22.0 Å². The summed E-state index contributed by atoms with van der Waals surface area (Å²) in [6.45, 7) is 0. The van der Waals surface area contributed by atoms with Gasteiger partial charge in [0.05, 0.1) is 0 Å². The molecule has 0 heterocycles. The van der Waals surface area contributed by atoms with Crippen LogP contribution in [0.4, 0.5) is 0 Å². The summed E-state index contributed by atoms with van der Waals surface area (Å²) in [4.78, 5) is 0. The molecule has 0 fully saturated rings. The van der Waals surface area contributed by atoms with Gasteiger partial charge in [-0.1, -0.05) is 0 Å². The second-order valence-corrected chi connectivity index (χ2v) is 0. The predicted octanol–water partition coefficient (Wildman–Crippen LogP) is -0.883. The van der Waals surface area contributed by atoms with Crippen LogP contribution in [-0.4, -0.2) is 49.8 Å². The Kier molecular flexibility index (Phi) is 172. The van der Waals surface area contributed by atoms with Gasteiger partial charge in [0.25, 0.3) is 0 Å². The average molecular weight is 308 g/mol. The van der Waals surface area contributed by atoms with Crippen LogP contribution in [0.5, 0.6) is 0 Å². The fourth-order valence-corrected chi connectivity index (χ4v) is 0. The molecule has 0 radical (unpaired) electrons. The Labute approximate surface area is 70.9 Å². The van der Waals surface area contributed by atoms with Crippen molar-refractivity contribution in [3.05, 3.63) is 0 Å². The van der Waals surface area contributed by atoms with Crippen molar-refractivity contribution in [2.24, 2.45) is 0 Å². The Morgan fingerprint density at radius 2 is 1.00 bits per heavy atom. The first-order chi connectivity index (χ1) is 0. The van der Waals surface area contributed by atoms with Crippen LogP contribution in [0, 0.1) is 0 Å². The zero-order chi connectivity index (χ0) is 0. The normalized spacial score (nSPS) is 0. The van der Waals surface area contributed by atoms with Crippen molar-refractivity contribution in [3.63, 3.8) is 0 Å². The van der Waals surface area contributed by atoms with Crippen molar-refractivity contribution < 1.29 is 22.0 Å². The number of hydrogen-bond acceptors (Lipinski definition) is 0. The maximum absolute atomic E-state index is 0. The molecule has 0 spiro atoms. The molecule has 0 aliphatic heterocycles. The van der Waals surface area contributed by atoms with Gasteiger partial charge < -0.3 is 5.48 Å². The number of hydrogen-bond donors (Lipinski definition) is 0. The van der Waals surface area contributed by atoms with Gasteiger partial charge in [0, 0.05) is 0 Å². The first kappa shape index (κ1) is 35.7. The van der Waals surface area contributed by atoms with E-state index >= 15 is 0 Å². The van der Waals surface area contributed by atoms with E-state index in [1.54, 1.807) is 0 Å². The van der Waals surface area contributed by atoms with E-state index in [1.807, 2.05) is 0 Å². The summed E-state index contributed by atoms with van der Waals surface area (Å²) < 4.78 is 0. The Hall–Kier alpha value is 2.12. The van der Waals surface area contributed by atoms with Crippen molar-refractivity contribution in [1.82, 2.24) is 0 Å². The van der Waals surface area contributed by atoms with E-state index in [9.17, 15) is 0 Å². The second kappa shape index (κ2) is 19.3. The van der Waals surface area contributed by atoms with Crippen molar-refractivity contribution in [2.75, 3.05) is 0 Å². The largest absolute Gasteiger partial charge is 4.00 e. The standard InChI is InChI=1S/In.Ni.O.Sn/q+3;+2;-2;+4. The van der Waals surface area contributed by atoms with Crippen LogP contribution in [0.15, 0.2) is 0 Å². The zero-order valence-electron chi connectivity index (χ0n) is 1.80. The maximum atomic E-state index is 0. The molecule has 16 valence electrons. The molecule has 0 atom stereocenters. The average Bonchev–Trinajstić information content (AvgIpc) is 0. The molecule has 0 rings (SSSR count). The predicted molar refractivity (Wildman–Crippen MR) is 12.2 cm³/mol. The minimum atomic E-state index is 0. The van der Waals surface area contributed by atoms with Crippen molar-refractivity contribution in [1.29, 1.82) is 0 Å². The van der Waals surface area contributed by atoms with Gasteiger partial charge in [-0.3, -0.25) is 0 Å². The van der Waals surface area contributed by atoms with E-state index < -0.39 is 0 Å². The summed E-state index contributed by atoms with van der Waals surface area (Å²) in [7, 11) is 0. The van der Waals surface area contributed by atoms with E-state index in [4.69, 9.17) is 0 Å². The molecule has 0 amide bonds. The van der Waals surface area contributed by atoms with Crippen LogP contribution in [0.25, 0.3) is 0 Å². The molecule has 0 saturated heterocycles. The molecule has 0 aliphatic rings. The van der Waals surface area contributed by atoms with Crippen LogP contribution in [0.1, 0.15) is 0 Å². The van der Waals surface area contributed by atoms with Gasteiger partial charge in [0.1, 0.15) is 0 Å². The van der Waals surface area contributed by atoms with Crippen LogP contribution in [0.3, 0.4) is 0 Å². The van der Waals surface area contributed by atoms with Crippen LogP contribution < -0.4 is 0 Å². The molecule has 1 nitrogen and oxygen atoms in total. The minimum absolute atomic E-state index is 0. The molecular weight excluding hydrogens is 308 g/mol. The van der Waals surface area contributed by atoms with E-state index in [2.05, 4.69) is 0 Å². The first-order valence-corrected chi connectivity index (χ1v) is 0. The Morgan fingerprint density at radius 1 is 1.00 bits per heavy atom. The van der Waals surface area contributed by atoms with Gasteiger partial charge in [-0.25, -0.2) is 0 Å². The van der Waals surface area contributed by atoms with Gasteiger partial charge in [0.2, 0.25) is 0 Å². The minimum Gasteiger partial charge on any atom is -2.00 e. The summed E-state index contributed by atoms with van der Waals surface area (Å²) in [6, 6.07) is 0. The summed E-state index contributed by atoms with van der Waals surface area (Å²) in [6.07, 6.45) is 0. The third-order valence-corrected chi connectivity index (χ3v) is 0. The molecule has 0 aromatic heterocycles. The third-order valence-electron chi connectivity index (χ3n) is 0. The quantitative estimate of drug-likeness (QED) is 0.520. The van der Waals surface area contributed by atoms with Crippen molar-refractivity contribution in [3.8, 4) is 0 Å². The molecule has 4 heteroatoms. The second-order valence-electron chi connectivity index (χ2n) is 0. The van der Waals surface area contributed by atoms with Crippen LogP contribution in [0.2, 0.25) is 0 Å². The summed E-state index contributed by atoms with van der Waals surface area (Å²) >= 11 is 0. The first-order valence-electron chi connectivity index (χ1n) is 0. The molecule has 0 aliphatic carbocycles. The summed E-state index contributed by atoms with van der Waals surface area (Å²) in [5.74, 6) is 0. The van der Waals surface area contributed by atoms with E-state index in [0.717, 1.165) is 0 Å². The molecule has 0 unspecified atom stereocenters. The molecule has 0 aromatic carbocycles. The van der Waals surface area contributed by atoms with Crippen LogP contribution >= 0.6 is 0 Å². The molecule has 0 saturated carbocycles. The monoisotopic (exact) mass is 309 g/mol. The fraction of sp³-hybridized carbons (Fsp3) is 0. The molecule has 0 N–H and O–H groups in total. The Morgan fingerprint density at radius 3 is 1.00 bits per heavy atom. The third kappa shape index (κ3) is 8.92. The molecular formula is InNiOSn+7. The Balaban J connectivity index is 0. The van der Waals surface area contributed by atoms with E-state index in [1.165, 1.54) is 0 Å². The van der Waals surface area contributed by atoms with Gasteiger partial charge in [-0.15, -0.1) is 0 Å². The van der Waals surface area contributed by atoms with Crippen molar-refractivity contribution in [2.45, 2.75) is 0 Å². The summed E-state index contributed by atoms with van der Waals surface area (Å²) in [5.41, 5.74) is 0. The molecule has 0 bridgehead atoms. The topological polar surface area (TPSA) is 28.5 Å². The fourth-order valence-electron chi connectivity index (χ4n) is 0. The van der Waals surface area contributed by atoms with Gasteiger partial charge >= 0.3 is 66.2 Å². The maximum Gasteiger partial charge on any atom is 4.00 e. The molecule has 4 heavy (non-hydrogen) atoms. The molecule has 0 aromatic rings. The zero-order valence-corrected chi connectivity index (χ0v) is 8.94.